The maximum Gasteiger partial charge on any atom is 0.0593 e. The van der Waals surface area contributed by atoms with Gasteiger partial charge in [0, 0.05) is 25.2 Å². The molecule has 1 N–H and O–H groups in total. The molecule has 0 saturated carbocycles. The van der Waals surface area contributed by atoms with E-state index in [-0.39, 0.29) is 5.54 Å². The van der Waals surface area contributed by atoms with Crippen molar-refractivity contribution in [1.82, 2.24) is 10.2 Å². The second-order valence-electron chi connectivity index (χ2n) is 6.27. The summed E-state index contributed by atoms with van der Waals surface area (Å²) in [4.78, 5) is 2.55. The summed E-state index contributed by atoms with van der Waals surface area (Å²) >= 11 is 0. The number of rotatable bonds is 7. The zero-order chi connectivity index (χ0) is 13.4. The van der Waals surface area contributed by atoms with Crippen LogP contribution in [0.1, 0.15) is 47.0 Å². The average Bonchev–Trinajstić information content (AvgIpc) is 2.51. The van der Waals surface area contributed by atoms with Gasteiger partial charge in [-0.25, -0.2) is 0 Å². The molecular formula is C15H32N2O. The van der Waals surface area contributed by atoms with Crippen molar-refractivity contribution in [2.75, 3.05) is 39.4 Å². The highest BCUT2D eigenvalue weighted by Gasteiger charge is 2.26. The fraction of sp³-hybridized carbons (Fsp3) is 1.00. The lowest BCUT2D eigenvalue weighted by molar-refractivity contribution is 0.0901. The predicted molar refractivity (Wildman–Crippen MR) is 78.0 cm³/mol. The molecule has 0 aliphatic carbocycles. The zero-order valence-corrected chi connectivity index (χ0v) is 12.8. The van der Waals surface area contributed by atoms with E-state index in [1.807, 2.05) is 0 Å². The molecule has 0 spiro atoms. The molecule has 108 valence electrons. The van der Waals surface area contributed by atoms with E-state index in [4.69, 9.17) is 4.74 Å². The number of ether oxygens (including phenoxy) is 1. The van der Waals surface area contributed by atoms with Crippen molar-refractivity contribution in [3.63, 3.8) is 0 Å². The van der Waals surface area contributed by atoms with Crippen LogP contribution in [0.25, 0.3) is 0 Å². The molecule has 1 aliphatic heterocycles. The maximum absolute atomic E-state index is 5.73. The SMILES string of the molecule is CCC1(C)CN(CCOCCC(C)C)CCCN1. The highest BCUT2D eigenvalue weighted by molar-refractivity contribution is 4.87. The van der Waals surface area contributed by atoms with E-state index < -0.39 is 0 Å². The summed E-state index contributed by atoms with van der Waals surface area (Å²) in [5.74, 6) is 0.746. The largest absolute Gasteiger partial charge is 0.380 e. The first kappa shape index (κ1) is 15.9. The Morgan fingerprint density at radius 3 is 2.78 bits per heavy atom. The molecular weight excluding hydrogens is 224 g/mol. The lowest BCUT2D eigenvalue weighted by Gasteiger charge is -2.32. The van der Waals surface area contributed by atoms with Crippen molar-refractivity contribution < 1.29 is 4.74 Å². The van der Waals surface area contributed by atoms with Gasteiger partial charge in [0.05, 0.1) is 6.61 Å². The molecule has 0 bridgehead atoms. The van der Waals surface area contributed by atoms with Crippen molar-refractivity contribution in [1.29, 1.82) is 0 Å². The third-order valence-electron chi connectivity index (χ3n) is 3.95. The van der Waals surface area contributed by atoms with Gasteiger partial charge in [-0.2, -0.15) is 0 Å². The van der Waals surface area contributed by atoms with Gasteiger partial charge in [-0.15, -0.1) is 0 Å². The first-order valence-corrected chi connectivity index (χ1v) is 7.61. The van der Waals surface area contributed by atoms with Gasteiger partial charge in [-0.1, -0.05) is 20.8 Å². The number of hydrogen-bond acceptors (Lipinski definition) is 3. The van der Waals surface area contributed by atoms with Crippen LogP contribution in [0.5, 0.6) is 0 Å². The minimum absolute atomic E-state index is 0.286. The predicted octanol–water partition coefficient (Wildman–Crippen LogP) is 2.51. The number of nitrogens with zero attached hydrogens (tertiary/aromatic N) is 1. The average molecular weight is 256 g/mol. The third kappa shape index (κ3) is 6.17. The summed E-state index contributed by atoms with van der Waals surface area (Å²) < 4.78 is 5.73. The Morgan fingerprint density at radius 2 is 2.11 bits per heavy atom. The standard InChI is InChI=1S/C15H32N2O/c1-5-15(4)13-17(9-6-8-16-15)10-12-18-11-7-14(2)3/h14,16H,5-13H2,1-4H3. The van der Waals surface area contributed by atoms with Gasteiger partial charge >= 0.3 is 0 Å². The molecule has 0 aromatic carbocycles. The molecule has 1 saturated heterocycles. The highest BCUT2D eigenvalue weighted by atomic mass is 16.5. The van der Waals surface area contributed by atoms with E-state index in [0.717, 1.165) is 38.8 Å². The molecule has 1 unspecified atom stereocenters. The van der Waals surface area contributed by atoms with Gasteiger partial charge in [0.1, 0.15) is 0 Å². The van der Waals surface area contributed by atoms with Crippen molar-refractivity contribution in [2.45, 2.75) is 52.5 Å². The minimum atomic E-state index is 0.286. The van der Waals surface area contributed by atoms with Crippen LogP contribution < -0.4 is 5.32 Å². The maximum atomic E-state index is 5.73. The number of nitrogens with one attached hydrogen (secondary N) is 1. The summed E-state index contributed by atoms with van der Waals surface area (Å²) in [6, 6.07) is 0. The van der Waals surface area contributed by atoms with E-state index in [1.54, 1.807) is 0 Å². The second-order valence-corrected chi connectivity index (χ2v) is 6.27. The Balaban J connectivity index is 2.20. The van der Waals surface area contributed by atoms with E-state index in [0.29, 0.717) is 0 Å². The van der Waals surface area contributed by atoms with Crippen molar-refractivity contribution in [2.24, 2.45) is 5.92 Å². The highest BCUT2D eigenvalue weighted by Crippen LogP contribution is 2.14. The first-order chi connectivity index (χ1) is 8.56. The molecule has 0 aromatic heterocycles. The van der Waals surface area contributed by atoms with Gasteiger partial charge in [-0.3, -0.25) is 4.90 Å². The van der Waals surface area contributed by atoms with E-state index >= 15 is 0 Å². The topological polar surface area (TPSA) is 24.5 Å². The first-order valence-electron chi connectivity index (χ1n) is 7.61. The van der Waals surface area contributed by atoms with Crippen LogP contribution in [0.15, 0.2) is 0 Å². The fourth-order valence-electron chi connectivity index (χ4n) is 2.36. The van der Waals surface area contributed by atoms with E-state index in [1.165, 1.54) is 25.8 Å². The van der Waals surface area contributed by atoms with Crippen molar-refractivity contribution >= 4 is 0 Å². The van der Waals surface area contributed by atoms with Crippen LogP contribution in [0, 0.1) is 5.92 Å². The Morgan fingerprint density at radius 1 is 1.33 bits per heavy atom. The monoisotopic (exact) mass is 256 g/mol. The lowest BCUT2D eigenvalue weighted by Crippen LogP contribution is -2.49. The lowest BCUT2D eigenvalue weighted by atomic mass is 9.99. The van der Waals surface area contributed by atoms with Crippen LogP contribution in [0.3, 0.4) is 0 Å². The molecule has 1 heterocycles. The molecule has 1 aliphatic rings. The molecule has 0 radical (unpaired) electrons. The molecule has 1 fully saturated rings. The summed E-state index contributed by atoms with van der Waals surface area (Å²) in [5.41, 5.74) is 0.286. The van der Waals surface area contributed by atoms with Gasteiger partial charge in [0.2, 0.25) is 0 Å². The summed E-state index contributed by atoms with van der Waals surface area (Å²) in [6.45, 7) is 15.5. The second kappa shape index (κ2) is 8.13. The van der Waals surface area contributed by atoms with Gasteiger partial charge < -0.3 is 10.1 Å². The number of hydrogen-bond donors (Lipinski definition) is 1. The molecule has 1 atom stereocenters. The van der Waals surface area contributed by atoms with Crippen LogP contribution in [0.4, 0.5) is 0 Å². The molecule has 18 heavy (non-hydrogen) atoms. The van der Waals surface area contributed by atoms with Crippen LogP contribution in [-0.4, -0.2) is 49.8 Å². The molecule has 3 nitrogen and oxygen atoms in total. The van der Waals surface area contributed by atoms with Crippen molar-refractivity contribution in [3.05, 3.63) is 0 Å². The van der Waals surface area contributed by atoms with Crippen molar-refractivity contribution in [3.8, 4) is 0 Å². The Hall–Kier alpha value is -0.120. The van der Waals surface area contributed by atoms with E-state index in [9.17, 15) is 0 Å². The molecule has 0 amide bonds. The molecule has 1 rings (SSSR count). The summed E-state index contributed by atoms with van der Waals surface area (Å²) in [6.07, 6.45) is 3.62. The van der Waals surface area contributed by atoms with E-state index in [2.05, 4.69) is 37.9 Å². The minimum Gasteiger partial charge on any atom is -0.380 e. The fourth-order valence-corrected chi connectivity index (χ4v) is 2.36. The third-order valence-corrected chi connectivity index (χ3v) is 3.95. The molecule has 3 heteroatoms. The smallest absolute Gasteiger partial charge is 0.0593 e. The summed E-state index contributed by atoms with van der Waals surface area (Å²) in [5, 5.41) is 3.67. The molecule has 0 aromatic rings. The quantitative estimate of drug-likeness (QED) is 0.708. The summed E-state index contributed by atoms with van der Waals surface area (Å²) in [7, 11) is 0. The van der Waals surface area contributed by atoms with Gasteiger partial charge in [0.15, 0.2) is 0 Å². The van der Waals surface area contributed by atoms with Crippen LogP contribution in [-0.2, 0) is 4.74 Å². The Labute approximate surface area is 113 Å². The Bertz CT molecular complexity index is 221. The van der Waals surface area contributed by atoms with Crippen LogP contribution >= 0.6 is 0 Å². The Kier molecular flexibility index (Phi) is 7.20. The zero-order valence-electron chi connectivity index (χ0n) is 12.8. The van der Waals surface area contributed by atoms with Crippen LogP contribution in [0.2, 0.25) is 0 Å². The normalized spacial score (nSPS) is 26.5. The van der Waals surface area contributed by atoms with Gasteiger partial charge in [-0.05, 0) is 45.2 Å². The van der Waals surface area contributed by atoms with Gasteiger partial charge in [0.25, 0.3) is 0 Å².